The molecule has 0 spiro atoms. The number of nitrogens with one attached hydrogen (secondary N) is 12. The lowest BCUT2D eigenvalue weighted by Gasteiger charge is -2.31. The average molecular weight is 1520 g/mol. The molecule has 0 saturated carbocycles. The molecular weight excluding hydrogens is 1400 g/mol. The number of primary amides is 1. The van der Waals surface area contributed by atoms with Crippen molar-refractivity contribution >= 4 is 106 Å². The molecule has 108 heavy (non-hydrogen) atoms. The van der Waals surface area contributed by atoms with E-state index in [2.05, 4.69) is 83.4 Å². The van der Waals surface area contributed by atoms with Gasteiger partial charge in [-0.15, -0.1) is 0 Å². The van der Waals surface area contributed by atoms with E-state index in [0.29, 0.717) is 29.3 Å². The number of para-hydroxylation sites is 1. The zero-order valence-electron chi connectivity index (χ0n) is 64.8. The van der Waals surface area contributed by atoms with Crippen LogP contribution >= 0.6 is 0 Å². The third kappa shape index (κ3) is 33.1. The van der Waals surface area contributed by atoms with Gasteiger partial charge < -0.3 is 121 Å². The fourth-order valence-electron chi connectivity index (χ4n) is 11.1. The summed E-state index contributed by atoms with van der Waals surface area (Å²) in [6.45, 7) is 22.1. The van der Waals surface area contributed by atoms with E-state index in [-0.39, 0.29) is 120 Å². The first-order valence-corrected chi connectivity index (χ1v) is 36.8. The van der Waals surface area contributed by atoms with Gasteiger partial charge in [-0.1, -0.05) is 114 Å². The van der Waals surface area contributed by atoms with Gasteiger partial charge in [-0.2, -0.15) is 0 Å². The molecule has 0 fully saturated rings. The van der Waals surface area contributed by atoms with E-state index in [1.807, 2.05) is 19.9 Å². The number of benzene rings is 1. The Hall–Kier alpha value is -10.6. The van der Waals surface area contributed by atoms with E-state index in [0.717, 1.165) is 0 Å². The number of nitrogens with zero attached hydrogens (tertiary/aromatic N) is 4. The number of H-pyrrole nitrogens is 1. The van der Waals surface area contributed by atoms with Crippen LogP contribution in [0.25, 0.3) is 10.9 Å². The van der Waals surface area contributed by atoms with E-state index < -0.39 is 167 Å². The van der Waals surface area contributed by atoms with Gasteiger partial charge in [0.1, 0.15) is 66.5 Å². The third-order valence-electron chi connectivity index (χ3n) is 18.0. The van der Waals surface area contributed by atoms with Crippen LogP contribution in [0.2, 0.25) is 0 Å². The minimum atomic E-state index is -1.45. The molecule has 14 atom stereocenters. The Bertz CT molecular complexity index is 3430. The highest BCUT2D eigenvalue weighted by Crippen LogP contribution is 2.21. The second-order valence-electron chi connectivity index (χ2n) is 28.6. The lowest BCUT2D eigenvalue weighted by atomic mass is 9.95. The van der Waals surface area contributed by atoms with Crippen molar-refractivity contribution in [2.75, 3.05) is 26.2 Å². The van der Waals surface area contributed by atoms with Gasteiger partial charge in [-0.05, 0) is 105 Å². The van der Waals surface area contributed by atoms with Gasteiger partial charge in [0.25, 0.3) is 0 Å². The molecule has 38 heteroatoms. The lowest BCUT2D eigenvalue weighted by Crippen LogP contribution is -2.62. The van der Waals surface area contributed by atoms with E-state index in [4.69, 9.17) is 57.3 Å². The smallest absolute Gasteiger partial charge is 0.243 e. The molecule has 0 aliphatic rings. The highest BCUT2D eigenvalue weighted by atomic mass is 16.2. The summed E-state index contributed by atoms with van der Waals surface area (Å²) >= 11 is 0. The topological polar surface area (TPSA) is 663 Å². The molecule has 1 heterocycles. The van der Waals surface area contributed by atoms with Crippen molar-refractivity contribution < 1.29 is 57.5 Å². The molecule has 2 rings (SSSR count). The largest absolute Gasteiger partial charge is 0.370 e. The molecule has 0 aliphatic heterocycles. The quantitative estimate of drug-likeness (QED) is 0.0170. The number of aliphatic imine (C=N–C) groups is 4. The van der Waals surface area contributed by atoms with E-state index in [1.54, 1.807) is 93.6 Å². The predicted molar refractivity (Wildman–Crippen MR) is 414 cm³/mol. The Morgan fingerprint density at radius 1 is 0.380 bits per heavy atom. The molecule has 0 unspecified atom stereocenters. The van der Waals surface area contributed by atoms with E-state index in [1.165, 1.54) is 6.92 Å². The molecule has 0 saturated heterocycles. The van der Waals surface area contributed by atoms with Gasteiger partial charge in [-0.25, -0.2) is 0 Å². The summed E-state index contributed by atoms with van der Waals surface area (Å²) in [4.78, 5) is 189. The Labute approximate surface area is 632 Å². The molecule has 2 aromatic rings. The van der Waals surface area contributed by atoms with Gasteiger partial charge in [-0.3, -0.25) is 77.5 Å². The number of hydrogen-bond acceptors (Lipinski definition) is 17. The summed E-state index contributed by atoms with van der Waals surface area (Å²) in [5.74, 6) is -13.2. The van der Waals surface area contributed by atoms with Crippen LogP contribution in [0.4, 0.5) is 0 Å². The highest BCUT2D eigenvalue weighted by Gasteiger charge is 2.39. The second kappa shape index (κ2) is 47.2. The fraction of sp³-hybridized carbons (Fsp3) is 0.657. The maximum atomic E-state index is 14.9. The Morgan fingerprint density at radius 2 is 0.731 bits per heavy atom. The molecule has 1 aromatic carbocycles. The Kier molecular flexibility index (Phi) is 40.9. The Balaban J connectivity index is 2.52. The minimum absolute atomic E-state index is 0.00481. The van der Waals surface area contributed by atoms with E-state index >= 15 is 0 Å². The number of carbonyl (C=O) groups is 12. The first-order chi connectivity index (χ1) is 50.6. The molecule has 0 aliphatic carbocycles. The highest BCUT2D eigenvalue weighted by molar-refractivity contribution is 6.00. The molecule has 0 bridgehead atoms. The monoisotopic (exact) mass is 1520 g/mol. The lowest BCUT2D eigenvalue weighted by molar-refractivity contribution is -0.137. The molecule has 0 radical (unpaired) electrons. The number of carbonyl (C=O) groups excluding carboxylic acids is 12. The van der Waals surface area contributed by atoms with Crippen LogP contribution in [0.1, 0.15) is 160 Å². The summed E-state index contributed by atoms with van der Waals surface area (Å²) in [6, 6.07) is -8.27. The first kappa shape index (κ1) is 93.5. The number of fused-ring (bicyclic) bond motifs is 1. The zero-order chi connectivity index (χ0) is 81.8. The van der Waals surface area contributed by atoms with Crippen LogP contribution in [0.5, 0.6) is 0 Å². The molecule has 32 N–H and O–H groups in total. The van der Waals surface area contributed by atoms with Crippen molar-refractivity contribution in [1.29, 1.82) is 0 Å². The van der Waals surface area contributed by atoms with Crippen molar-refractivity contribution in [2.45, 2.75) is 233 Å². The summed E-state index contributed by atoms with van der Waals surface area (Å²) in [6.07, 6.45) is 2.61. The van der Waals surface area contributed by atoms with Crippen LogP contribution < -0.4 is 116 Å². The number of aromatic nitrogens is 1. The van der Waals surface area contributed by atoms with Crippen LogP contribution in [0.3, 0.4) is 0 Å². The number of nitrogens with two attached hydrogens (primary N) is 10. The fourth-order valence-corrected chi connectivity index (χ4v) is 11.1. The first-order valence-electron chi connectivity index (χ1n) is 36.8. The van der Waals surface area contributed by atoms with Crippen LogP contribution in [-0.4, -0.2) is 198 Å². The number of hydrogen-bond donors (Lipinski definition) is 22. The molecule has 606 valence electrons. The van der Waals surface area contributed by atoms with Gasteiger partial charge in [0.05, 0.1) is 6.04 Å². The van der Waals surface area contributed by atoms with Crippen molar-refractivity contribution in [2.24, 2.45) is 113 Å². The van der Waals surface area contributed by atoms with Crippen molar-refractivity contribution in [3.05, 3.63) is 36.0 Å². The van der Waals surface area contributed by atoms with Gasteiger partial charge in [0.2, 0.25) is 70.9 Å². The predicted octanol–water partition coefficient (Wildman–Crippen LogP) is -4.19. The van der Waals surface area contributed by atoms with Crippen LogP contribution in [-0.2, 0) is 64.0 Å². The summed E-state index contributed by atoms with van der Waals surface area (Å²) in [7, 11) is 0. The average Bonchev–Trinajstić information content (AvgIpc) is 1.62. The Morgan fingerprint density at radius 3 is 1.17 bits per heavy atom. The minimum Gasteiger partial charge on any atom is -0.370 e. The van der Waals surface area contributed by atoms with Gasteiger partial charge in [0, 0.05) is 49.7 Å². The standard InChI is InChI=1S/C70H124N26O12/c1-14-38(11)53(65(107)92-49(32-41-33-85-43-22-17-16-21-42(41)43)60(102)88-45(23-18-27-81-67(73)74)57(99)87-44(55(72)97)26-30-84-70(79)80)95-59(101)47(25-20-29-83-69(77)78)90-64(106)52(37(9)10)93-56(98)40(13)86-63(105)51(36(7)8)94-66(108)54(39(12)15-2)96-61(103)48(31-34(3)4)91-58(100)46(24-19-28-82-68(75)76)89-62(104)50(71)35(5)6/h16-17,21-22,33-40,44-54,85H,14-15,18-20,23-32,71H2,1-13H3,(H2,72,97)(H,86,105)(H,87,99)(H,88,102)(H,89,104)(H,90,106)(H,91,100)(H,92,107)(H,93,98)(H,94,108)(H,95,101)(H,96,103)(H4,73,74,81)(H4,75,76,82)(H4,77,78,83)(H4,79,80,84)/t38-,39-,40-,44-,45-,46-,47-,48-,49-,50-,51-,52-,53-,54-/m0/s1. The number of amides is 12. The van der Waals surface area contributed by atoms with E-state index in [9.17, 15) is 57.5 Å². The maximum absolute atomic E-state index is 14.9. The number of aromatic amines is 1. The zero-order valence-corrected chi connectivity index (χ0v) is 64.8. The summed E-state index contributed by atoms with van der Waals surface area (Å²) in [5, 5.41) is 30.6. The van der Waals surface area contributed by atoms with Gasteiger partial charge in [0.15, 0.2) is 23.8 Å². The third-order valence-corrected chi connectivity index (χ3v) is 18.0. The molecule has 12 amide bonds. The summed E-state index contributed by atoms with van der Waals surface area (Å²) < 4.78 is 0. The number of rotatable bonds is 49. The van der Waals surface area contributed by atoms with Crippen LogP contribution in [0.15, 0.2) is 50.4 Å². The van der Waals surface area contributed by atoms with Crippen molar-refractivity contribution in [3.8, 4) is 0 Å². The van der Waals surface area contributed by atoms with Crippen LogP contribution in [0, 0.1) is 35.5 Å². The normalized spacial score (nSPS) is 15.2. The summed E-state index contributed by atoms with van der Waals surface area (Å²) in [5.41, 5.74) is 57.3. The molecule has 1 aromatic heterocycles. The van der Waals surface area contributed by atoms with Crippen molar-refractivity contribution in [1.82, 2.24) is 63.5 Å². The molecular formula is C70H124N26O12. The van der Waals surface area contributed by atoms with Crippen molar-refractivity contribution in [3.63, 3.8) is 0 Å². The SMILES string of the molecule is CC[C@H](C)[C@H](NC(=O)[C@H](CCCN=C(N)N)NC(=O)[C@@H](NC(=O)[C@H](C)NC(=O)[C@@H](NC(=O)[C@@H](NC(=O)[C@H](CC(C)C)NC(=O)[C@H](CCCN=C(N)N)NC(=O)[C@@H](N)C(C)C)[C@@H](C)CC)C(C)C)C(C)C)C(=O)N[C@@H](Cc1c[nH]c2ccccc12)C(=O)N[C@@H](CCCN=C(N)N)C(=O)N[C@@H](CCN=C(N)N)C(N)=O. The second-order valence-corrected chi connectivity index (χ2v) is 28.6. The maximum Gasteiger partial charge on any atom is 0.243 e. The number of guanidine groups is 4. The van der Waals surface area contributed by atoms with Gasteiger partial charge >= 0.3 is 0 Å². The molecule has 38 nitrogen and oxygen atoms in total.